The Bertz CT molecular complexity index is 1350. The Balaban J connectivity index is 4.51. The maximum absolute atomic E-state index is 12.8. The molecule has 0 rings (SSSR count). The number of hydrogen-bond donors (Lipinski definition) is 0. The third-order valence-electron chi connectivity index (χ3n) is 11.5. The lowest BCUT2D eigenvalue weighted by Gasteiger charge is -2.18. The van der Waals surface area contributed by atoms with E-state index in [1.165, 1.54) is 103 Å². The van der Waals surface area contributed by atoms with Gasteiger partial charge in [0.2, 0.25) is 0 Å². The number of ether oxygens (including phenoxy) is 3. The molecule has 0 saturated carbocycles. The van der Waals surface area contributed by atoms with E-state index in [0.717, 1.165) is 103 Å². The lowest BCUT2D eigenvalue weighted by Crippen LogP contribution is -2.30. The number of unbranched alkanes of at least 4 members (excludes halogenated alkanes) is 22. The van der Waals surface area contributed by atoms with Crippen molar-refractivity contribution in [2.45, 2.75) is 258 Å². The molecule has 0 spiro atoms. The summed E-state index contributed by atoms with van der Waals surface area (Å²) < 4.78 is 16.8. The van der Waals surface area contributed by atoms with E-state index >= 15 is 0 Å². The van der Waals surface area contributed by atoms with E-state index < -0.39 is 6.10 Å². The predicted octanol–water partition coefficient (Wildman–Crippen LogP) is 18.5. The van der Waals surface area contributed by atoms with Crippen molar-refractivity contribution in [2.75, 3.05) is 13.2 Å². The van der Waals surface area contributed by atoms with Crippen LogP contribution in [-0.4, -0.2) is 37.2 Å². The summed E-state index contributed by atoms with van der Waals surface area (Å²) in [6.07, 6.45) is 72.5. The Morgan fingerprint density at radius 1 is 0.313 bits per heavy atom. The normalized spacial score (nSPS) is 12.8. The monoisotopic (exact) mass is 931 g/mol. The van der Waals surface area contributed by atoms with Gasteiger partial charge in [-0.05, 0) is 116 Å². The van der Waals surface area contributed by atoms with Gasteiger partial charge in [0.15, 0.2) is 6.10 Å². The zero-order valence-corrected chi connectivity index (χ0v) is 43.6. The van der Waals surface area contributed by atoms with E-state index in [1.807, 2.05) is 0 Å². The van der Waals surface area contributed by atoms with Crippen LogP contribution in [0.4, 0.5) is 0 Å². The lowest BCUT2D eigenvalue weighted by molar-refractivity contribution is -0.167. The minimum Gasteiger partial charge on any atom is -0.462 e. The summed E-state index contributed by atoms with van der Waals surface area (Å²) in [6.45, 7) is 6.43. The molecule has 382 valence electrons. The third-order valence-corrected chi connectivity index (χ3v) is 11.5. The van der Waals surface area contributed by atoms with Crippen molar-refractivity contribution in [3.05, 3.63) is 97.2 Å². The van der Waals surface area contributed by atoms with E-state index in [2.05, 4.69) is 118 Å². The molecule has 0 amide bonds. The molecule has 0 aromatic heterocycles. The van der Waals surface area contributed by atoms with Gasteiger partial charge in [-0.2, -0.15) is 0 Å². The largest absolute Gasteiger partial charge is 0.462 e. The van der Waals surface area contributed by atoms with Crippen LogP contribution in [0.1, 0.15) is 252 Å². The summed E-state index contributed by atoms with van der Waals surface area (Å²) in [6, 6.07) is 0. The molecule has 0 heterocycles. The van der Waals surface area contributed by atoms with Gasteiger partial charge >= 0.3 is 17.9 Å². The predicted molar refractivity (Wildman–Crippen MR) is 288 cm³/mol. The summed E-state index contributed by atoms with van der Waals surface area (Å²) in [5.41, 5.74) is 0. The van der Waals surface area contributed by atoms with Crippen molar-refractivity contribution in [3.8, 4) is 0 Å². The summed E-state index contributed by atoms with van der Waals surface area (Å²) >= 11 is 0. The van der Waals surface area contributed by atoms with Crippen LogP contribution in [0.5, 0.6) is 0 Å². The first-order valence-corrected chi connectivity index (χ1v) is 27.7. The highest BCUT2D eigenvalue weighted by Crippen LogP contribution is 2.14. The van der Waals surface area contributed by atoms with E-state index in [-0.39, 0.29) is 37.5 Å². The number of rotatable bonds is 49. The van der Waals surface area contributed by atoms with Crippen molar-refractivity contribution in [3.63, 3.8) is 0 Å². The zero-order valence-electron chi connectivity index (χ0n) is 43.6. The summed E-state index contributed by atoms with van der Waals surface area (Å²) in [4.78, 5) is 38.1. The van der Waals surface area contributed by atoms with Crippen LogP contribution >= 0.6 is 0 Å². The molecular weight excluding hydrogens is 829 g/mol. The molecule has 0 bridgehead atoms. The maximum Gasteiger partial charge on any atom is 0.306 e. The van der Waals surface area contributed by atoms with Gasteiger partial charge in [0.25, 0.3) is 0 Å². The van der Waals surface area contributed by atoms with Crippen molar-refractivity contribution < 1.29 is 28.6 Å². The van der Waals surface area contributed by atoms with Crippen LogP contribution in [0.15, 0.2) is 97.2 Å². The Morgan fingerprint density at radius 2 is 0.597 bits per heavy atom. The quantitative estimate of drug-likeness (QED) is 0.0262. The third kappa shape index (κ3) is 53.2. The molecule has 67 heavy (non-hydrogen) atoms. The average Bonchev–Trinajstić information content (AvgIpc) is 3.33. The van der Waals surface area contributed by atoms with Crippen LogP contribution in [-0.2, 0) is 28.6 Å². The topological polar surface area (TPSA) is 78.9 Å². The van der Waals surface area contributed by atoms with E-state index in [1.54, 1.807) is 0 Å². The molecule has 0 radical (unpaired) electrons. The summed E-state index contributed by atoms with van der Waals surface area (Å²) in [7, 11) is 0. The molecule has 1 atom stereocenters. The van der Waals surface area contributed by atoms with Gasteiger partial charge in [-0.1, -0.05) is 214 Å². The second-order valence-electron chi connectivity index (χ2n) is 18.1. The highest BCUT2D eigenvalue weighted by atomic mass is 16.6. The molecule has 0 aromatic rings. The average molecular weight is 931 g/mol. The van der Waals surface area contributed by atoms with Gasteiger partial charge in [0, 0.05) is 19.3 Å². The van der Waals surface area contributed by atoms with Crippen LogP contribution in [0.2, 0.25) is 0 Å². The molecule has 0 fully saturated rings. The van der Waals surface area contributed by atoms with Crippen molar-refractivity contribution >= 4 is 17.9 Å². The minimum atomic E-state index is -0.816. The number of carbonyl (C=O) groups excluding carboxylic acids is 3. The Hall–Kier alpha value is -3.67. The zero-order chi connectivity index (χ0) is 48.6. The molecular formula is C61H102O6. The second-order valence-corrected chi connectivity index (χ2v) is 18.1. The molecule has 6 heteroatoms. The van der Waals surface area contributed by atoms with E-state index in [9.17, 15) is 14.4 Å². The van der Waals surface area contributed by atoms with Gasteiger partial charge in [0.1, 0.15) is 13.2 Å². The first kappa shape index (κ1) is 63.3. The van der Waals surface area contributed by atoms with Crippen molar-refractivity contribution in [2.24, 2.45) is 0 Å². The number of carbonyl (C=O) groups is 3. The molecule has 0 aliphatic rings. The van der Waals surface area contributed by atoms with Crippen LogP contribution in [0.3, 0.4) is 0 Å². The molecule has 0 unspecified atom stereocenters. The van der Waals surface area contributed by atoms with E-state index in [4.69, 9.17) is 14.2 Å². The minimum absolute atomic E-state index is 0.107. The van der Waals surface area contributed by atoms with Crippen molar-refractivity contribution in [1.29, 1.82) is 0 Å². The van der Waals surface area contributed by atoms with Crippen molar-refractivity contribution in [1.82, 2.24) is 0 Å². The van der Waals surface area contributed by atoms with Gasteiger partial charge < -0.3 is 14.2 Å². The van der Waals surface area contributed by atoms with E-state index in [0.29, 0.717) is 19.3 Å². The highest BCUT2D eigenvalue weighted by molar-refractivity contribution is 5.71. The fraction of sp³-hybridized carbons (Fsp3) is 0.689. The SMILES string of the molecule is CC/C=C\C/C=C\C/C=C\C/C=C\C/C=C\CCCC(=O)O[C@H](COC(=O)CCCCCCC/C=C\C/C=C\CCCCC)COC(=O)CCCCCCCCC/C=C\CCCCCCCC. The molecule has 0 aromatic carbocycles. The molecule has 0 N–H and O–H groups in total. The number of allylic oxidation sites excluding steroid dienone is 16. The highest BCUT2D eigenvalue weighted by Gasteiger charge is 2.19. The Labute approximate surface area is 413 Å². The van der Waals surface area contributed by atoms with Crippen LogP contribution in [0.25, 0.3) is 0 Å². The lowest BCUT2D eigenvalue weighted by atomic mass is 10.1. The summed E-state index contributed by atoms with van der Waals surface area (Å²) in [5, 5.41) is 0. The summed E-state index contributed by atoms with van der Waals surface area (Å²) in [5.74, 6) is -0.984. The van der Waals surface area contributed by atoms with Crippen LogP contribution in [0, 0.1) is 0 Å². The van der Waals surface area contributed by atoms with Gasteiger partial charge in [-0.3, -0.25) is 14.4 Å². The number of hydrogen-bond acceptors (Lipinski definition) is 6. The van der Waals surface area contributed by atoms with Gasteiger partial charge in [-0.25, -0.2) is 0 Å². The van der Waals surface area contributed by atoms with Gasteiger partial charge in [-0.15, -0.1) is 0 Å². The molecule has 0 aliphatic heterocycles. The molecule has 0 saturated heterocycles. The fourth-order valence-electron chi connectivity index (χ4n) is 7.38. The first-order valence-electron chi connectivity index (χ1n) is 27.7. The standard InChI is InChI=1S/C61H102O6/c1-4-7-10-13-16-19-22-25-28-30-33-36-39-42-45-48-51-54-60(63)66-57-58(56-65-59(62)53-50-47-44-41-38-35-32-27-24-21-18-15-12-9-6-3)67-61(64)55-52-49-46-43-40-37-34-31-29-26-23-20-17-14-11-8-5-2/h8,11,17-18,20-21,25-29,32,34,37,43,46,58H,4-7,9-10,12-16,19,22-24,30-31,33,35-36,38-42,44-45,47-57H2,1-3H3/b11-8-,20-17-,21-18-,28-25-,29-26-,32-27-,37-34-,46-43-/t58-/m1/s1. The maximum atomic E-state index is 12.8. The van der Waals surface area contributed by atoms with Gasteiger partial charge in [0.05, 0.1) is 0 Å². The molecule has 0 aliphatic carbocycles. The Morgan fingerprint density at radius 3 is 1.00 bits per heavy atom. The number of esters is 3. The molecule has 6 nitrogen and oxygen atoms in total. The second kappa shape index (κ2) is 54.9. The first-order chi connectivity index (χ1) is 33.0. The fourth-order valence-corrected chi connectivity index (χ4v) is 7.38. The van der Waals surface area contributed by atoms with Crippen LogP contribution < -0.4 is 0 Å². The smallest absolute Gasteiger partial charge is 0.306 e. The Kier molecular flexibility index (Phi) is 51.9.